The Balaban J connectivity index is 1.34. The number of aromatic hydroxyl groups is 1. The van der Waals surface area contributed by atoms with Gasteiger partial charge in [-0.25, -0.2) is 14.3 Å². The zero-order valence-electron chi connectivity index (χ0n) is 16.9. The van der Waals surface area contributed by atoms with Crippen LogP contribution in [0.15, 0.2) is 73.2 Å². The van der Waals surface area contributed by atoms with Crippen LogP contribution in [0.25, 0.3) is 21.9 Å². The van der Waals surface area contributed by atoms with E-state index in [9.17, 15) is 14.7 Å². The Hall–Kier alpha value is -4.40. The number of rotatable bonds is 5. The van der Waals surface area contributed by atoms with Gasteiger partial charge in [0, 0.05) is 35.0 Å². The normalized spacial score (nSPS) is 11.3. The first-order chi connectivity index (χ1) is 15.4. The van der Waals surface area contributed by atoms with Crippen molar-refractivity contribution in [2.75, 3.05) is 0 Å². The van der Waals surface area contributed by atoms with Crippen LogP contribution in [0, 0.1) is 6.92 Å². The summed E-state index contributed by atoms with van der Waals surface area (Å²) in [7, 11) is 0. The summed E-state index contributed by atoms with van der Waals surface area (Å²) in [4.78, 5) is 23.5. The van der Waals surface area contributed by atoms with Gasteiger partial charge in [0.05, 0.1) is 12.7 Å². The van der Waals surface area contributed by atoms with E-state index in [1.54, 1.807) is 29.1 Å². The molecule has 1 N–H and O–H groups in total. The first-order valence-corrected chi connectivity index (χ1v) is 9.77. The fraction of sp³-hybridized carbons (Fsp3) is 0.130. The summed E-state index contributed by atoms with van der Waals surface area (Å²) < 4.78 is 17.8. The number of hydrogen-bond acceptors (Lipinski definition) is 8. The molecule has 3 heterocycles. The van der Waals surface area contributed by atoms with Crippen LogP contribution in [0.4, 0.5) is 0 Å². The molecule has 0 saturated heterocycles. The predicted octanol–water partition coefficient (Wildman–Crippen LogP) is 3.13. The summed E-state index contributed by atoms with van der Waals surface area (Å²) in [5, 5.41) is 19.4. The largest absolute Gasteiger partial charge is 0.508 e. The third-order valence-electron chi connectivity index (χ3n) is 5.04. The van der Waals surface area contributed by atoms with Gasteiger partial charge in [-0.3, -0.25) is 0 Å². The third-order valence-corrected chi connectivity index (χ3v) is 5.04. The minimum Gasteiger partial charge on any atom is -0.508 e. The highest BCUT2D eigenvalue weighted by molar-refractivity contribution is 5.82. The van der Waals surface area contributed by atoms with Crippen LogP contribution in [0.3, 0.4) is 0 Å². The van der Waals surface area contributed by atoms with E-state index in [4.69, 9.17) is 13.6 Å². The standard InChI is InChI=1S/C23H17N3O6/c1-13-6-22(28)32-21-9-17(3-5-18(13)21)30-12-15-11-26(25-24-15)10-14-7-23(29)31-20-8-16(27)2-4-19(14)20/h2-9,11,27H,10,12H2,1H3. The number of phenols is 1. The van der Waals surface area contributed by atoms with Gasteiger partial charge in [-0.15, -0.1) is 5.10 Å². The molecule has 0 aliphatic carbocycles. The quantitative estimate of drug-likeness (QED) is 0.422. The van der Waals surface area contributed by atoms with Gasteiger partial charge in [0.2, 0.25) is 0 Å². The van der Waals surface area contributed by atoms with Crippen molar-refractivity contribution in [2.45, 2.75) is 20.1 Å². The molecule has 0 unspecified atom stereocenters. The lowest BCUT2D eigenvalue weighted by Gasteiger charge is -2.06. The maximum absolute atomic E-state index is 11.9. The highest BCUT2D eigenvalue weighted by Crippen LogP contribution is 2.24. The van der Waals surface area contributed by atoms with E-state index >= 15 is 0 Å². The first kappa shape index (κ1) is 19.6. The summed E-state index contributed by atoms with van der Waals surface area (Å²) in [5.74, 6) is 0.549. The molecule has 3 aromatic heterocycles. The second kappa shape index (κ2) is 7.69. The Morgan fingerprint density at radius 1 is 0.969 bits per heavy atom. The van der Waals surface area contributed by atoms with Gasteiger partial charge in [-0.1, -0.05) is 5.21 Å². The van der Waals surface area contributed by atoms with E-state index < -0.39 is 11.3 Å². The molecule has 2 aromatic carbocycles. The molecule has 0 amide bonds. The van der Waals surface area contributed by atoms with Gasteiger partial charge in [0.25, 0.3) is 0 Å². The summed E-state index contributed by atoms with van der Waals surface area (Å²) >= 11 is 0. The molecule has 0 spiro atoms. The lowest BCUT2D eigenvalue weighted by atomic mass is 10.1. The SMILES string of the molecule is Cc1cc(=O)oc2cc(OCc3cn(Cc4cc(=O)oc5cc(O)ccc45)nn3)ccc12. The van der Waals surface area contributed by atoms with Crippen LogP contribution in [0.2, 0.25) is 0 Å². The van der Waals surface area contributed by atoms with Gasteiger partial charge in [-0.2, -0.15) is 0 Å². The predicted molar refractivity (Wildman–Crippen MR) is 115 cm³/mol. The number of hydrogen-bond donors (Lipinski definition) is 1. The lowest BCUT2D eigenvalue weighted by Crippen LogP contribution is -2.06. The molecule has 5 rings (SSSR count). The van der Waals surface area contributed by atoms with Gasteiger partial charge in [0.1, 0.15) is 35.0 Å². The zero-order valence-corrected chi connectivity index (χ0v) is 16.9. The average molecular weight is 431 g/mol. The number of aryl methyl sites for hydroxylation is 1. The van der Waals surface area contributed by atoms with Crippen molar-refractivity contribution >= 4 is 21.9 Å². The first-order valence-electron chi connectivity index (χ1n) is 9.77. The van der Waals surface area contributed by atoms with Crippen LogP contribution >= 0.6 is 0 Å². The summed E-state index contributed by atoms with van der Waals surface area (Å²) in [6, 6.07) is 12.7. The van der Waals surface area contributed by atoms with Gasteiger partial charge in [-0.05, 0) is 42.3 Å². The fourth-order valence-electron chi connectivity index (χ4n) is 3.56. The van der Waals surface area contributed by atoms with Crippen molar-refractivity contribution in [3.63, 3.8) is 0 Å². The maximum atomic E-state index is 11.9. The van der Waals surface area contributed by atoms with Crippen molar-refractivity contribution in [2.24, 2.45) is 0 Å². The number of fused-ring (bicyclic) bond motifs is 2. The third kappa shape index (κ3) is 3.83. The zero-order chi connectivity index (χ0) is 22.2. The molecule has 0 fully saturated rings. The fourth-order valence-corrected chi connectivity index (χ4v) is 3.56. The van der Waals surface area contributed by atoms with Crippen LogP contribution in [-0.2, 0) is 13.2 Å². The Bertz CT molecular complexity index is 1580. The summed E-state index contributed by atoms with van der Waals surface area (Å²) in [6.45, 7) is 2.30. The maximum Gasteiger partial charge on any atom is 0.336 e. The highest BCUT2D eigenvalue weighted by Gasteiger charge is 2.10. The molecule has 32 heavy (non-hydrogen) atoms. The molecule has 0 aliphatic heterocycles. The minimum absolute atomic E-state index is 0.0149. The number of ether oxygens (including phenoxy) is 1. The average Bonchev–Trinajstić information content (AvgIpc) is 3.18. The number of nitrogens with zero attached hydrogens (tertiary/aromatic N) is 3. The van der Waals surface area contributed by atoms with Crippen LogP contribution in [-0.4, -0.2) is 20.1 Å². The van der Waals surface area contributed by atoms with Crippen LogP contribution in [0.5, 0.6) is 11.5 Å². The highest BCUT2D eigenvalue weighted by atomic mass is 16.5. The second-order valence-corrected chi connectivity index (χ2v) is 7.37. The summed E-state index contributed by atoms with van der Waals surface area (Å²) in [6.07, 6.45) is 1.71. The second-order valence-electron chi connectivity index (χ2n) is 7.37. The Kier molecular flexibility index (Phi) is 4.70. The van der Waals surface area contributed by atoms with Crippen molar-refractivity contribution < 1.29 is 18.7 Å². The molecule has 0 aliphatic rings. The molecule has 9 nitrogen and oxygen atoms in total. The summed E-state index contributed by atoms with van der Waals surface area (Å²) in [5.41, 5.74) is 1.94. The smallest absolute Gasteiger partial charge is 0.336 e. The molecular formula is C23H17N3O6. The topological polar surface area (TPSA) is 121 Å². The number of aromatic nitrogens is 3. The number of benzene rings is 2. The van der Waals surface area contributed by atoms with Crippen molar-refractivity contribution in [1.82, 2.24) is 15.0 Å². The van der Waals surface area contributed by atoms with E-state index in [1.807, 2.05) is 13.0 Å². The number of phenolic OH excluding ortho intramolecular Hbond substituents is 1. The Morgan fingerprint density at radius 3 is 2.56 bits per heavy atom. The van der Waals surface area contributed by atoms with Gasteiger partial charge < -0.3 is 18.7 Å². The molecule has 0 bridgehead atoms. The molecule has 5 aromatic rings. The molecule has 0 radical (unpaired) electrons. The molecule has 0 saturated carbocycles. The van der Waals surface area contributed by atoms with Crippen molar-refractivity contribution in [3.05, 3.63) is 92.4 Å². The molecular weight excluding hydrogens is 414 g/mol. The molecule has 160 valence electrons. The molecule has 0 atom stereocenters. The van der Waals surface area contributed by atoms with Crippen LogP contribution < -0.4 is 16.0 Å². The minimum atomic E-state index is -0.514. The van der Waals surface area contributed by atoms with Crippen molar-refractivity contribution in [3.8, 4) is 11.5 Å². The van der Waals surface area contributed by atoms with E-state index in [0.29, 0.717) is 40.1 Å². The molecule has 9 heteroatoms. The lowest BCUT2D eigenvalue weighted by molar-refractivity contribution is 0.301. The van der Waals surface area contributed by atoms with Gasteiger partial charge in [0.15, 0.2) is 0 Å². The van der Waals surface area contributed by atoms with Crippen LogP contribution in [0.1, 0.15) is 16.8 Å². The van der Waals surface area contributed by atoms with E-state index in [-0.39, 0.29) is 12.4 Å². The van der Waals surface area contributed by atoms with E-state index in [1.165, 1.54) is 24.3 Å². The van der Waals surface area contributed by atoms with E-state index in [2.05, 4.69) is 10.3 Å². The van der Waals surface area contributed by atoms with Gasteiger partial charge >= 0.3 is 11.3 Å². The Morgan fingerprint density at radius 2 is 1.72 bits per heavy atom. The Labute approximate surface area is 180 Å². The van der Waals surface area contributed by atoms with Crippen molar-refractivity contribution in [1.29, 1.82) is 0 Å². The van der Waals surface area contributed by atoms with E-state index in [0.717, 1.165) is 10.9 Å². The monoisotopic (exact) mass is 431 g/mol.